The van der Waals surface area contributed by atoms with Gasteiger partial charge in [0.1, 0.15) is 5.75 Å². The van der Waals surface area contributed by atoms with Gasteiger partial charge in [-0.15, -0.1) is 0 Å². The van der Waals surface area contributed by atoms with Crippen LogP contribution in [-0.2, 0) is 9.59 Å². The maximum absolute atomic E-state index is 12.4. The number of carbonyl (C=O) groups excluding carboxylic acids is 2. The largest absolute Gasteiger partial charge is 0.484 e. The second kappa shape index (κ2) is 9.89. The lowest BCUT2D eigenvalue weighted by molar-refractivity contribution is -0.135. The molecule has 0 atom stereocenters. The number of benzene rings is 2. The fraction of sp³-hybridized carbons (Fsp3) is 0.364. The lowest BCUT2D eigenvalue weighted by atomic mass is 10.1. The van der Waals surface area contributed by atoms with Crippen molar-refractivity contribution < 1.29 is 14.3 Å². The summed E-state index contributed by atoms with van der Waals surface area (Å²) in [5.41, 5.74) is 3.09. The van der Waals surface area contributed by atoms with Crippen molar-refractivity contribution in [1.29, 1.82) is 0 Å². The molecular weight excluding hydrogens is 434 g/mol. The van der Waals surface area contributed by atoms with Crippen molar-refractivity contribution in [2.75, 3.05) is 44.6 Å². The third kappa shape index (κ3) is 6.05. The summed E-state index contributed by atoms with van der Waals surface area (Å²) in [6, 6.07) is 13.3. The molecule has 2 aromatic rings. The van der Waals surface area contributed by atoms with Crippen molar-refractivity contribution in [3.63, 3.8) is 0 Å². The molecule has 0 bridgehead atoms. The molecule has 1 aliphatic rings. The molecule has 154 valence electrons. The van der Waals surface area contributed by atoms with Gasteiger partial charge in [-0.25, -0.2) is 0 Å². The number of carbonyl (C=O) groups is 2. The van der Waals surface area contributed by atoms with Crippen LogP contribution in [0, 0.1) is 13.8 Å². The number of halogens is 1. The third-order valence-electron chi connectivity index (χ3n) is 5.15. The predicted molar refractivity (Wildman–Crippen MR) is 117 cm³/mol. The first-order valence-corrected chi connectivity index (χ1v) is 10.5. The molecule has 0 spiro atoms. The minimum Gasteiger partial charge on any atom is -0.484 e. The van der Waals surface area contributed by atoms with E-state index in [9.17, 15) is 9.59 Å². The molecule has 0 unspecified atom stereocenters. The first-order valence-electron chi connectivity index (χ1n) is 9.67. The Labute approximate surface area is 180 Å². The summed E-state index contributed by atoms with van der Waals surface area (Å²) >= 11 is 3.37. The van der Waals surface area contributed by atoms with E-state index in [0.717, 1.165) is 21.3 Å². The number of piperazine rings is 1. The SMILES string of the molecule is Cc1cccc(NC(=O)CN2CCN(C(=O)COc3ccc(Br)cc3)CC2)c1C. The number of aryl methyl sites for hydroxylation is 1. The van der Waals surface area contributed by atoms with E-state index >= 15 is 0 Å². The molecule has 2 amide bonds. The molecule has 1 heterocycles. The van der Waals surface area contributed by atoms with Crippen LogP contribution in [0.1, 0.15) is 11.1 Å². The highest BCUT2D eigenvalue weighted by atomic mass is 79.9. The Morgan fingerprint density at radius 1 is 1.03 bits per heavy atom. The molecule has 7 heteroatoms. The van der Waals surface area contributed by atoms with Crippen molar-refractivity contribution in [2.45, 2.75) is 13.8 Å². The van der Waals surface area contributed by atoms with Crippen molar-refractivity contribution >= 4 is 33.4 Å². The minimum atomic E-state index is -0.0348. The average molecular weight is 460 g/mol. The molecular formula is C22H26BrN3O3. The Morgan fingerprint density at radius 2 is 1.72 bits per heavy atom. The summed E-state index contributed by atoms with van der Waals surface area (Å²) in [6.45, 7) is 6.92. The zero-order valence-corrected chi connectivity index (χ0v) is 18.4. The Kier molecular flexibility index (Phi) is 7.28. The molecule has 1 aliphatic heterocycles. The van der Waals surface area contributed by atoms with Crippen LogP contribution < -0.4 is 10.1 Å². The van der Waals surface area contributed by atoms with E-state index in [1.54, 1.807) is 4.90 Å². The van der Waals surface area contributed by atoms with Gasteiger partial charge < -0.3 is 15.0 Å². The quantitative estimate of drug-likeness (QED) is 0.719. The summed E-state index contributed by atoms with van der Waals surface area (Å²) < 4.78 is 6.53. The molecule has 29 heavy (non-hydrogen) atoms. The van der Waals surface area contributed by atoms with Crippen molar-refractivity contribution in [3.8, 4) is 5.75 Å². The lowest BCUT2D eigenvalue weighted by Gasteiger charge is -2.34. The van der Waals surface area contributed by atoms with Gasteiger partial charge in [0, 0.05) is 36.3 Å². The second-order valence-electron chi connectivity index (χ2n) is 7.20. The second-order valence-corrected chi connectivity index (χ2v) is 8.11. The van der Waals surface area contributed by atoms with Crippen molar-refractivity contribution in [3.05, 3.63) is 58.1 Å². The minimum absolute atomic E-state index is 0.0226. The Hall–Kier alpha value is -2.38. The zero-order valence-electron chi connectivity index (χ0n) is 16.8. The third-order valence-corrected chi connectivity index (χ3v) is 5.68. The topological polar surface area (TPSA) is 61.9 Å². The molecule has 0 radical (unpaired) electrons. The van der Waals surface area contributed by atoms with Gasteiger partial charge in [0.05, 0.1) is 6.54 Å². The predicted octanol–water partition coefficient (Wildman–Crippen LogP) is 3.23. The molecule has 3 rings (SSSR count). The van der Waals surface area contributed by atoms with Crippen LogP contribution in [0.2, 0.25) is 0 Å². The van der Waals surface area contributed by atoms with Gasteiger partial charge in [0.15, 0.2) is 6.61 Å². The normalized spacial score (nSPS) is 14.5. The van der Waals surface area contributed by atoms with Crippen LogP contribution in [-0.4, -0.2) is 60.9 Å². The van der Waals surface area contributed by atoms with Crippen molar-refractivity contribution in [1.82, 2.24) is 9.80 Å². The summed E-state index contributed by atoms with van der Waals surface area (Å²) in [4.78, 5) is 28.6. The molecule has 0 aromatic heterocycles. The number of ether oxygens (including phenoxy) is 1. The van der Waals surface area contributed by atoms with Gasteiger partial charge in [0.25, 0.3) is 5.91 Å². The number of nitrogens with one attached hydrogen (secondary N) is 1. The molecule has 1 N–H and O–H groups in total. The van der Waals surface area contributed by atoms with Gasteiger partial charge in [-0.1, -0.05) is 28.1 Å². The van der Waals surface area contributed by atoms with Crippen LogP contribution in [0.5, 0.6) is 5.75 Å². The summed E-state index contributed by atoms with van der Waals surface area (Å²) in [5, 5.41) is 2.99. The number of anilines is 1. The monoisotopic (exact) mass is 459 g/mol. The maximum Gasteiger partial charge on any atom is 0.260 e. The van der Waals surface area contributed by atoms with Crippen LogP contribution in [0.3, 0.4) is 0 Å². The van der Waals surface area contributed by atoms with Crippen LogP contribution in [0.25, 0.3) is 0 Å². The van der Waals surface area contributed by atoms with E-state index in [1.165, 1.54) is 0 Å². The van der Waals surface area contributed by atoms with Gasteiger partial charge in [0.2, 0.25) is 5.91 Å². The highest BCUT2D eigenvalue weighted by molar-refractivity contribution is 9.10. The van der Waals surface area contributed by atoms with E-state index < -0.39 is 0 Å². The van der Waals surface area contributed by atoms with E-state index in [4.69, 9.17) is 4.74 Å². The molecule has 6 nitrogen and oxygen atoms in total. The van der Waals surface area contributed by atoms with E-state index in [0.29, 0.717) is 38.5 Å². The zero-order chi connectivity index (χ0) is 20.8. The van der Waals surface area contributed by atoms with Crippen LogP contribution in [0.4, 0.5) is 5.69 Å². The van der Waals surface area contributed by atoms with Crippen molar-refractivity contribution in [2.24, 2.45) is 0 Å². The highest BCUT2D eigenvalue weighted by Gasteiger charge is 2.23. The number of amides is 2. The van der Waals surface area contributed by atoms with E-state index in [2.05, 4.69) is 26.1 Å². The number of rotatable bonds is 6. The Bertz CT molecular complexity index is 862. The molecule has 2 aromatic carbocycles. The van der Waals surface area contributed by atoms with E-state index in [1.807, 2.05) is 56.3 Å². The highest BCUT2D eigenvalue weighted by Crippen LogP contribution is 2.18. The molecule has 0 aliphatic carbocycles. The summed E-state index contributed by atoms with van der Waals surface area (Å²) in [7, 11) is 0. The van der Waals surface area contributed by atoms with Crippen LogP contribution >= 0.6 is 15.9 Å². The number of hydrogen-bond donors (Lipinski definition) is 1. The van der Waals surface area contributed by atoms with Gasteiger partial charge >= 0.3 is 0 Å². The summed E-state index contributed by atoms with van der Waals surface area (Å²) in [5.74, 6) is 0.604. The van der Waals surface area contributed by atoms with Gasteiger partial charge in [-0.2, -0.15) is 0 Å². The smallest absolute Gasteiger partial charge is 0.260 e. The Balaban J connectivity index is 1.41. The number of nitrogens with zero attached hydrogens (tertiary/aromatic N) is 2. The summed E-state index contributed by atoms with van der Waals surface area (Å²) in [6.07, 6.45) is 0. The van der Waals surface area contributed by atoms with Gasteiger partial charge in [-0.3, -0.25) is 14.5 Å². The lowest BCUT2D eigenvalue weighted by Crippen LogP contribution is -2.51. The molecule has 1 fully saturated rings. The molecule has 1 saturated heterocycles. The maximum atomic E-state index is 12.4. The molecule has 0 saturated carbocycles. The average Bonchev–Trinajstić information content (AvgIpc) is 2.71. The Morgan fingerprint density at radius 3 is 2.41 bits per heavy atom. The first kappa shape index (κ1) is 21.3. The fourth-order valence-corrected chi connectivity index (χ4v) is 3.47. The number of hydrogen-bond acceptors (Lipinski definition) is 4. The fourth-order valence-electron chi connectivity index (χ4n) is 3.20. The first-order chi connectivity index (χ1) is 13.9. The van der Waals surface area contributed by atoms with E-state index in [-0.39, 0.29) is 18.4 Å². The standard InChI is InChI=1S/C22H26BrN3O3/c1-16-4-3-5-20(17(16)2)24-21(27)14-25-10-12-26(13-11-25)22(28)15-29-19-8-6-18(23)7-9-19/h3-9H,10-15H2,1-2H3,(H,24,27). The van der Waals surface area contributed by atoms with Crippen LogP contribution in [0.15, 0.2) is 46.9 Å². The van der Waals surface area contributed by atoms with Gasteiger partial charge in [-0.05, 0) is 55.3 Å².